The van der Waals surface area contributed by atoms with Crippen LogP contribution in [0.3, 0.4) is 0 Å². The Balaban J connectivity index is 1.13. The molecule has 2 unspecified atom stereocenters. The van der Waals surface area contributed by atoms with E-state index < -0.39 is 47.7 Å². The van der Waals surface area contributed by atoms with Crippen LogP contribution < -0.4 is 25.4 Å². The van der Waals surface area contributed by atoms with E-state index in [9.17, 15) is 27.2 Å². The van der Waals surface area contributed by atoms with Crippen LogP contribution in [0, 0.1) is 5.82 Å². The maximum Gasteiger partial charge on any atom is 0.401 e. The normalized spacial score (nSPS) is 27.2. The number of hydrogen-bond acceptors (Lipinski definition) is 5. The monoisotopic (exact) mass is 575 g/mol. The summed E-state index contributed by atoms with van der Waals surface area (Å²) < 4.78 is 63.1. The van der Waals surface area contributed by atoms with Gasteiger partial charge in [0, 0.05) is 40.2 Å². The topological polar surface area (TPSA) is 88.7 Å². The number of carbonyl (C=O) groups is 2. The molecule has 3 saturated carbocycles. The van der Waals surface area contributed by atoms with Crippen LogP contribution in [0.15, 0.2) is 36.4 Å². The van der Waals surface area contributed by atoms with E-state index in [1.807, 2.05) is 0 Å². The van der Waals surface area contributed by atoms with Crippen molar-refractivity contribution in [1.29, 1.82) is 0 Å². The van der Waals surface area contributed by atoms with Crippen molar-refractivity contribution in [3.05, 3.63) is 57.8 Å². The summed E-state index contributed by atoms with van der Waals surface area (Å²) in [5.41, 5.74) is -0.517. The first-order valence-electron chi connectivity index (χ1n) is 11.8. The minimum Gasteiger partial charge on any atom is -0.484 e. The molecule has 2 aromatic carbocycles. The highest BCUT2D eigenvalue weighted by Crippen LogP contribution is 2.60. The number of nitrogens with one attached hydrogen (secondary N) is 3. The molecule has 2 bridgehead atoms. The van der Waals surface area contributed by atoms with E-state index in [0.29, 0.717) is 35.6 Å². The molecular formula is C25H23Cl2F4N3O4. The Morgan fingerprint density at radius 3 is 2.45 bits per heavy atom. The molecule has 0 spiro atoms. The first-order valence-corrected chi connectivity index (χ1v) is 12.6. The Bertz CT molecular complexity index is 1260. The second-order valence-corrected chi connectivity index (χ2v) is 10.9. The molecule has 2 atom stereocenters. The van der Waals surface area contributed by atoms with Gasteiger partial charge in [-0.15, -0.1) is 0 Å². The Kier molecular flexibility index (Phi) is 6.90. The standard InChI is InChI=1S/C25H23Cl2F4N3O4/c26-13-1-4-19-15(5-13)18(32-12-25(29,30)31)7-20(38-19)22(36)34-24-9-23(10-24,11-24)33-21(35)8-37-14-2-3-16(27)17(28)6-14/h1-6,18,20,32H,7-12H2,(H,33,35)(H,34,36). The minimum atomic E-state index is -4.42. The second kappa shape index (κ2) is 9.77. The predicted molar refractivity (Wildman–Crippen MR) is 130 cm³/mol. The average molecular weight is 576 g/mol. The second-order valence-electron chi connectivity index (χ2n) is 10.1. The van der Waals surface area contributed by atoms with E-state index in [1.54, 1.807) is 6.07 Å². The van der Waals surface area contributed by atoms with Gasteiger partial charge < -0.3 is 25.4 Å². The Labute approximate surface area is 225 Å². The third-order valence-electron chi connectivity index (χ3n) is 6.99. The third kappa shape index (κ3) is 5.64. The molecule has 2 aromatic rings. The van der Waals surface area contributed by atoms with Gasteiger partial charge >= 0.3 is 6.18 Å². The maximum atomic E-state index is 13.5. The van der Waals surface area contributed by atoms with Gasteiger partial charge in [-0.1, -0.05) is 23.2 Å². The van der Waals surface area contributed by atoms with E-state index in [-0.39, 0.29) is 29.7 Å². The first-order chi connectivity index (χ1) is 17.8. The highest BCUT2D eigenvalue weighted by Gasteiger charge is 2.69. The number of benzene rings is 2. The van der Waals surface area contributed by atoms with Crippen LogP contribution in [-0.4, -0.2) is 48.3 Å². The summed E-state index contributed by atoms with van der Waals surface area (Å²) in [6, 6.07) is 7.70. The number of rotatable bonds is 8. The maximum absolute atomic E-state index is 13.5. The molecule has 13 heteroatoms. The Hall–Kier alpha value is -2.76. The lowest BCUT2D eigenvalue weighted by Gasteiger charge is -2.70. The summed E-state index contributed by atoms with van der Waals surface area (Å²) in [6.07, 6.45) is -3.92. The van der Waals surface area contributed by atoms with Crippen LogP contribution in [0.1, 0.15) is 37.3 Å². The van der Waals surface area contributed by atoms with Gasteiger partial charge in [0.15, 0.2) is 12.7 Å². The molecule has 3 aliphatic carbocycles. The first kappa shape index (κ1) is 26.8. The smallest absolute Gasteiger partial charge is 0.401 e. The van der Waals surface area contributed by atoms with Crippen molar-refractivity contribution >= 4 is 35.0 Å². The lowest BCUT2D eigenvalue weighted by molar-refractivity contribution is -0.154. The van der Waals surface area contributed by atoms with Gasteiger partial charge in [0.2, 0.25) is 0 Å². The molecule has 0 saturated heterocycles. The fourth-order valence-electron chi connectivity index (χ4n) is 5.48. The van der Waals surface area contributed by atoms with E-state index in [0.717, 1.165) is 6.07 Å². The van der Waals surface area contributed by atoms with Crippen LogP contribution >= 0.6 is 23.2 Å². The third-order valence-corrected chi connectivity index (χ3v) is 7.53. The summed E-state index contributed by atoms with van der Waals surface area (Å²) in [5.74, 6) is -1.01. The van der Waals surface area contributed by atoms with Gasteiger partial charge in [0.05, 0.1) is 11.6 Å². The molecule has 3 fully saturated rings. The largest absolute Gasteiger partial charge is 0.484 e. The summed E-state index contributed by atoms with van der Waals surface area (Å²) in [7, 11) is 0. The summed E-state index contributed by atoms with van der Waals surface area (Å²) >= 11 is 11.6. The van der Waals surface area contributed by atoms with E-state index in [2.05, 4.69) is 16.0 Å². The number of hydrogen-bond donors (Lipinski definition) is 3. The van der Waals surface area contributed by atoms with Crippen molar-refractivity contribution in [3.8, 4) is 11.5 Å². The Morgan fingerprint density at radius 1 is 1.05 bits per heavy atom. The van der Waals surface area contributed by atoms with Crippen molar-refractivity contribution in [1.82, 2.24) is 16.0 Å². The SMILES string of the molecule is O=C(COc1ccc(Cl)c(F)c1)NC12CC(NC(=O)C3CC(NCC(F)(F)F)c4cc(Cl)ccc4O3)(C1)C2. The number of fused-ring (bicyclic) bond motifs is 1. The molecule has 0 radical (unpaired) electrons. The van der Waals surface area contributed by atoms with Crippen molar-refractivity contribution in [2.24, 2.45) is 0 Å². The predicted octanol–water partition coefficient (Wildman–Crippen LogP) is 4.46. The molecule has 4 aliphatic rings. The highest BCUT2D eigenvalue weighted by molar-refractivity contribution is 6.31. The van der Waals surface area contributed by atoms with Crippen molar-refractivity contribution in [3.63, 3.8) is 0 Å². The molecule has 7 nitrogen and oxygen atoms in total. The lowest BCUT2D eigenvalue weighted by Crippen LogP contribution is -2.84. The fraction of sp³-hybridized carbons (Fsp3) is 0.440. The zero-order valence-electron chi connectivity index (χ0n) is 19.8. The van der Waals surface area contributed by atoms with E-state index >= 15 is 0 Å². The van der Waals surface area contributed by atoms with Crippen LogP contribution in [0.25, 0.3) is 0 Å². The average Bonchev–Trinajstić information content (AvgIpc) is 2.80. The summed E-state index contributed by atoms with van der Waals surface area (Å²) in [5, 5.41) is 8.60. The molecular weight excluding hydrogens is 553 g/mol. The van der Waals surface area contributed by atoms with Crippen molar-refractivity contribution in [2.75, 3.05) is 13.2 Å². The van der Waals surface area contributed by atoms with Gasteiger partial charge in [0.1, 0.15) is 17.3 Å². The zero-order valence-corrected chi connectivity index (χ0v) is 21.3. The lowest BCUT2D eigenvalue weighted by atomic mass is 9.44. The molecule has 38 heavy (non-hydrogen) atoms. The molecule has 1 aliphatic heterocycles. The van der Waals surface area contributed by atoms with Gasteiger partial charge in [-0.2, -0.15) is 13.2 Å². The minimum absolute atomic E-state index is 0.00412. The van der Waals surface area contributed by atoms with Crippen LogP contribution in [0.4, 0.5) is 17.6 Å². The van der Waals surface area contributed by atoms with Crippen molar-refractivity contribution < 1.29 is 36.6 Å². The summed E-state index contributed by atoms with van der Waals surface area (Å²) in [6.45, 7) is -1.53. The Morgan fingerprint density at radius 2 is 1.76 bits per heavy atom. The van der Waals surface area contributed by atoms with Gasteiger partial charge in [0.25, 0.3) is 11.8 Å². The molecule has 1 heterocycles. The number of alkyl halides is 3. The quantitative estimate of drug-likeness (QED) is 0.404. The number of halogens is 6. The summed E-state index contributed by atoms with van der Waals surface area (Å²) in [4.78, 5) is 25.4. The van der Waals surface area contributed by atoms with Crippen LogP contribution in [0.2, 0.25) is 10.0 Å². The fourth-order valence-corrected chi connectivity index (χ4v) is 5.77. The number of amides is 2. The van der Waals surface area contributed by atoms with E-state index in [4.69, 9.17) is 32.7 Å². The van der Waals surface area contributed by atoms with Gasteiger partial charge in [-0.25, -0.2) is 4.39 Å². The molecule has 204 valence electrons. The van der Waals surface area contributed by atoms with Gasteiger partial charge in [-0.3, -0.25) is 9.59 Å². The molecule has 3 N–H and O–H groups in total. The number of ether oxygens (including phenoxy) is 2. The van der Waals surface area contributed by atoms with E-state index in [1.165, 1.54) is 24.3 Å². The molecule has 6 rings (SSSR count). The van der Waals surface area contributed by atoms with Crippen molar-refractivity contribution in [2.45, 2.75) is 55.1 Å². The zero-order chi connectivity index (χ0) is 27.3. The number of carbonyl (C=O) groups excluding carboxylic acids is 2. The van der Waals surface area contributed by atoms with Gasteiger partial charge in [-0.05, 0) is 49.6 Å². The van der Waals surface area contributed by atoms with Crippen LogP contribution in [-0.2, 0) is 9.59 Å². The molecule has 0 aromatic heterocycles. The molecule has 2 amide bonds. The highest BCUT2D eigenvalue weighted by atomic mass is 35.5. The van der Waals surface area contributed by atoms with Crippen LogP contribution in [0.5, 0.6) is 11.5 Å².